The first-order chi connectivity index (χ1) is 9.51. The number of aryl methyl sites for hydroxylation is 1. The summed E-state index contributed by atoms with van der Waals surface area (Å²) in [4.78, 5) is 0.250. The SMILES string of the molecule is CCNc1ccc(S(=O)(=O)Nc2ccc(C)cc2)cc1. The van der Waals surface area contributed by atoms with Crippen LogP contribution in [0.1, 0.15) is 12.5 Å². The van der Waals surface area contributed by atoms with Crippen LogP contribution in [0.3, 0.4) is 0 Å². The second-order valence-corrected chi connectivity index (χ2v) is 6.21. The van der Waals surface area contributed by atoms with Gasteiger partial charge >= 0.3 is 0 Å². The molecule has 0 amide bonds. The predicted molar refractivity (Wildman–Crippen MR) is 82.6 cm³/mol. The molecule has 0 aliphatic rings. The minimum Gasteiger partial charge on any atom is -0.385 e. The Hall–Kier alpha value is -2.01. The summed E-state index contributed by atoms with van der Waals surface area (Å²) in [6.45, 7) is 4.75. The van der Waals surface area contributed by atoms with Crippen molar-refractivity contribution in [1.29, 1.82) is 0 Å². The Bertz CT molecular complexity index is 662. The predicted octanol–water partition coefficient (Wildman–Crippen LogP) is 3.23. The van der Waals surface area contributed by atoms with Crippen molar-refractivity contribution in [2.45, 2.75) is 18.7 Å². The third-order valence-corrected chi connectivity index (χ3v) is 4.25. The van der Waals surface area contributed by atoms with Gasteiger partial charge in [-0.05, 0) is 50.2 Å². The van der Waals surface area contributed by atoms with Gasteiger partial charge in [0, 0.05) is 17.9 Å². The van der Waals surface area contributed by atoms with Crippen LogP contribution in [-0.4, -0.2) is 15.0 Å². The molecule has 0 unspecified atom stereocenters. The fourth-order valence-electron chi connectivity index (χ4n) is 1.79. The van der Waals surface area contributed by atoms with Gasteiger partial charge in [0.05, 0.1) is 4.90 Å². The van der Waals surface area contributed by atoms with Crippen LogP contribution in [0.2, 0.25) is 0 Å². The van der Waals surface area contributed by atoms with E-state index in [9.17, 15) is 8.42 Å². The van der Waals surface area contributed by atoms with E-state index in [1.807, 2.05) is 26.0 Å². The van der Waals surface area contributed by atoms with E-state index in [-0.39, 0.29) is 4.90 Å². The first kappa shape index (κ1) is 14.4. The molecule has 0 atom stereocenters. The van der Waals surface area contributed by atoms with Crippen molar-refractivity contribution in [2.75, 3.05) is 16.6 Å². The second-order valence-electron chi connectivity index (χ2n) is 4.53. The molecule has 0 saturated carbocycles. The molecule has 0 spiro atoms. The van der Waals surface area contributed by atoms with Crippen molar-refractivity contribution >= 4 is 21.4 Å². The summed E-state index contributed by atoms with van der Waals surface area (Å²) in [5.41, 5.74) is 2.55. The van der Waals surface area contributed by atoms with Crippen LogP contribution in [0.15, 0.2) is 53.4 Å². The number of hydrogen-bond acceptors (Lipinski definition) is 3. The Morgan fingerprint density at radius 1 is 0.900 bits per heavy atom. The fraction of sp³-hybridized carbons (Fsp3) is 0.200. The molecule has 106 valence electrons. The van der Waals surface area contributed by atoms with Gasteiger partial charge < -0.3 is 5.32 Å². The van der Waals surface area contributed by atoms with E-state index < -0.39 is 10.0 Å². The van der Waals surface area contributed by atoms with Crippen molar-refractivity contribution in [3.63, 3.8) is 0 Å². The number of anilines is 2. The molecule has 0 radical (unpaired) electrons. The number of nitrogens with one attached hydrogen (secondary N) is 2. The van der Waals surface area contributed by atoms with E-state index >= 15 is 0 Å². The van der Waals surface area contributed by atoms with Gasteiger partial charge in [-0.3, -0.25) is 4.72 Å². The van der Waals surface area contributed by atoms with Gasteiger partial charge in [0.2, 0.25) is 0 Å². The van der Waals surface area contributed by atoms with E-state index in [4.69, 9.17) is 0 Å². The molecule has 5 heteroatoms. The number of benzene rings is 2. The molecule has 2 N–H and O–H groups in total. The highest BCUT2D eigenvalue weighted by Gasteiger charge is 2.13. The van der Waals surface area contributed by atoms with Gasteiger partial charge in [0.1, 0.15) is 0 Å². The van der Waals surface area contributed by atoms with Gasteiger partial charge in [-0.2, -0.15) is 0 Å². The van der Waals surface area contributed by atoms with Crippen LogP contribution in [0, 0.1) is 6.92 Å². The maximum Gasteiger partial charge on any atom is 0.261 e. The molecule has 0 saturated heterocycles. The van der Waals surface area contributed by atoms with Gasteiger partial charge in [0.15, 0.2) is 0 Å². The summed E-state index contributed by atoms with van der Waals surface area (Å²) in [6.07, 6.45) is 0. The molecule has 0 bridgehead atoms. The lowest BCUT2D eigenvalue weighted by Gasteiger charge is -2.09. The Morgan fingerprint density at radius 3 is 2.00 bits per heavy atom. The summed E-state index contributed by atoms with van der Waals surface area (Å²) < 4.78 is 27.0. The van der Waals surface area contributed by atoms with E-state index in [1.54, 1.807) is 36.4 Å². The summed E-state index contributed by atoms with van der Waals surface area (Å²) in [5.74, 6) is 0. The van der Waals surface area contributed by atoms with Gasteiger partial charge in [-0.1, -0.05) is 17.7 Å². The highest BCUT2D eigenvalue weighted by atomic mass is 32.2. The maximum atomic E-state index is 12.2. The highest BCUT2D eigenvalue weighted by Crippen LogP contribution is 2.18. The lowest BCUT2D eigenvalue weighted by molar-refractivity contribution is 0.601. The van der Waals surface area contributed by atoms with Crippen molar-refractivity contribution in [1.82, 2.24) is 0 Å². The van der Waals surface area contributed by atoms with Crippen LogP contribution in [0.5, 0.6) is 0 Å². The van der Waals surface area contributed by atoms with Gasteiger partial charge in [0.25, 0.3) is 10.0 Å². The van der Waals surface area contributed by atoms with E-state index in [0.29, 0.717) is 5.69 Å². The van der Waals surface area contributed by atoms with Crippen molar-refractivity contribution in [2.24, 2.45) is 0 Å². The van der Waals surface area contributed by atoms with Crippen LogP contribution < -0.4 is 10.0 Å². The molecule has 0 aliphatic heterocycles. The molecule has 2 aromatic carbocycles. The van der Waals surface area contributed by atoms with Crippen LogP contribution in [-0.2, 0) is 10.0 Å². The summed E-state index contributed by atoms with van der Waals surface area (Å²) in [5, 5.41) is 3.13. The molecule has 0 heterocycles. The monoisotopic (exact) mass is 290 g/mol. The molecule has 0 aliphatic carbocycles. The maximum absolute atomic E-state index is 12.2. The zero-order valence-corrected chi connectivity index (χ0v) is 12.4. The molecular weight excluding hydrogens is 272 g/mol. The Kier molecular flexibility index (Phi) is 4.29. The minimum atomic E-state index is -3.54. The third kappa shape index (κ3) is 3.51. The average Bonchev–Trinajstić information content (AvgIpc) is 2.42. The molecule has 20 heavy (non-hydrogen) atoms. The summed E-state index contributed by atoms with van der Waals surface area (Å²) in [7, 11) is -3.54. The van der Waals surface area contributed by atoms with Gasteiger partial charge in [-0.15, -0.1) is 0 Å². The number of hydrogen-bond donors (Lipinski definition) is 2. The summed E-state index contributed by atoms with van der Waals surface area (Å²) >= 11 is 0. The number of sulfonamides is 1. The zero-order chi connectivity index (χ0) is 14.6. The normalized spacial score (nSPS) is 11.1. The first-order valence-electron chi connectivity index (χ1n) is 6.44. The Morgan fingerprint density at radius 2 is 1.45 bits per heavy atom. The molecular formula is C15H18N2O2S. The van der Waals surface area contributed by atoms with Crippen LogP contribution in [0.25, 0.3) is 0 Å². The Balaban J connectivity index is 2.19. The van der Waals surface area contributed by atoms with Gasteiger partial charge in [-0.25, -0.2) is 8.42 Å². The topological polar surface area (TPSA) is 58.2 Å². The second kappa shape index (κ2) is 5.96. The average molecular weight is 290 g/mol. The summed E-state index contributed by atoms with van der Waals surface area (Å²) in [6, 6.07) is 13.9. The molecule has 0 aromatic heterocycles. The lowest BCUT2D eigenvalue weighted by Crippen LogP contribution is -2.12. The van der Waals surface area contributed by atoms with Crippen LogP contribution in [0.4, 0.5) is 11.4 Å². The number of rotatable bonds is 5. The molecule has 0 fully saturated rings. The molecule has 2 aromatic rings. The largest absolute Gasteiger partial charge is 0.385 e. The van der Waals surface area contributed by atoms with Crippen molar-refractivity contribution < 1.29 is 8.42 Å². The standard InChI is InChI=1S/C15H18N2O2S/c1-3-16-13-8-10-15(11-9-13)20(18,19)17-14-6-4-12(2)5-7-14/h4-11,16-17H,3H2,1-2H3. The Labute approximate surface area is 119 Å². The minimum absolute atomic E-state index is 0.250. The van der Waals surface area contributed by atoms with E-state index in [1.165, 1.54) is 0 Å². The highest BCUT2D eigenvalue weighted by molar-refractivity contribution is 7.92. The zero-order valence-electron chi connectivity index (χ0n) is 11.6. The molecule has 2 rings (SSSR count). The van der Waals surface area contributed by atoms with Crippen molar-refractivity contribution in [3.8, 4) is 0 Å². The van der Waals surface area contributed by atoms with Crippen LogP contribution >= 0.6 is 0 Å². The smallest absolute Gasteiger partial charge is 0.261 e. The third-order valence-electron chi connectivity index (χ3n) is 2.85. The first-order valence-corrected chi connectivity index (χ1v) is 7.93. The molecule has 4 nitrogen and oxygen atoms in total. The fourth-order valence-corrected chi connectivity index (χ4v) is 2.85. The van der Waals surface area contributed by atoms with E-state index in [0.717, 1.165) is 17.8 Å². The lowest BCUT2D eigenvalue weighted by atomic mass is 10.2. The van der Waals surface area contributed by atoms with Crippen molar-refractivity contribution in [3.05, 3.63) is 54.1 Å². The quantitative estimate of drug-likeness (QED) is 0.889. The van der Waals surface area contributed by atoms with E-state index in [2.05, 4.69) is 10.0 Å².